The van der Waals surface area contributed by atoms with E-state index in [0.717, 1.165) is 16.6 Å². The van der Waals surface area contributed by atoms with Crippen LogP contribution in [0.3, 0.4) is 0 Å². The molecule has 0 bridgehead atoms. The highest BCUT2D eigenvalue weighted by molar-refractivity contribution is 7.13. The van der Waals surface area contributed by atoms with Crippen molar-refractivity contribution in [1.82, 2.24) is 4.98 Å². The molecule has 0 aliphatic heterocycles. The molecule has 3 nitrogen and oxygen atoms in total. The zero-order chi connectivity index (χ0) is 12.4. The molecule has 0 radical (unpaired) electrons. The number of nitrogens with zero attached hydrogens (tertiary/aromatic N) is 1. The Morgan fingerprint density at radius 1 is 1.53 bits per heavy atom. The second kappa shape index (κ2) is 5.17. The van der Waals surface area contributed by atoms with E-state index in [2.05, 4.69) is 11.9 Å². The van der Waals surface area contributed by atoms with Gasteiger partial charge in [-0.2, -0.15) is 0 Å². The van der Waals surface area contributed by atoms with Gasteiger partial charge in [-0.1, -0.05) is 13.3 Å². The first-order chi connectivity index (χ1) is 8.15. The highest BCUT2D eigenvalue weighted by Gasteiger charge is 2.28. The summed E-state index contributed by atoms with van der Waals surface area (Å²) < 4.78 is 4.77. The molecule has 2 unspecified atom stereocenters. The molecular weight excluding hydrogens is 234 g/mol. The Labute approximate surface area is 106 Å². The standard InChI is InChI=1S/C13H19NO2S/c1-4-9-5-6-10(7-9)12-14-8(2)11(17-12)13(15)16-3/h9-10H,4-7H2,1-3H3. The lowest BCUT2D eigenvalue weighted by atomic mass is 10.0. The monoisotopic (exact) mass is 253 g/mol. The van der Waals surface area contributed by atoms with Gasteiger partial charge in [-0.05, 0) is 32.1 Å². The highest BCUT2D eigenvalue weighted by Crippen LogP contribution is 2.41. The maximum Gasteiger partial charge on any atom is 0.349 e. The van der Waals surface area contributed by atoms with Crippen LogP contribution in [0.25, 0.3) is 0 Å². The summed E-state index contributed by atoms with van der Waals surface area (Å²) >= 11 is 1.52. The number of methoxy groups -OCH3 is 1. The molecular formula is C13H19NO2S. The van der Waals surface area contributed by atoms with E-state index in [-0.39, 0.29) is 5.97 Å². The summed E-state index contributed by atoms with van der Waals surface area (Å²) in [5.74, 6) is 1.14. The van der Waals surface area contributed by atoms with Gasteiger partial charge in [-0.3, -0.25) is 0 Å². The van der Waals surface area contributed by atoms with Gasteiger partial charge in [0.2, 0.25) is 0 Å². The summed E-state index contributed by atoms with van der Waals surface area (Å²) in [7, 11) is 1.42. The van der Waals surface area contributed by atoms with Gasteiger partial charge in [-0.25, -0.2) is 9.78 Å². The van der Waals surface area contributed by atoms with Crippen LogP contribution >= 0.6 is 11.3 Å². The Kier molecular flexibility index (Phi) is 3.82. The van der Waals surface area contributed by atoms with Crippen LogP contribution in [-0.2, 0) is 4.74 Å². The summed E-state index contributed by atoms with van der Waals surface area (Å²) in [5, 5.41) is 1.12. The third-order valence-electron chi connectivity index (χ3n) is 3.65. The van der Waals surface area contributed by atoms with Crippen LogP contribution in [0.1, 0.15) is 58.9 Å². The lowest BCUT2D eigenvalue weighted by Crippen LogP contribution is -1.99. The van der Waals surface area contributed by atoms with Gasteiger partial charge in [0.25, 0.3) is 0 Å². The van der Waals surface area contributed by atoms with Gasteiger partial charge in [0, 0.05) is 5.92 Å². The molecule has 17 heavy (non-hydrogen) atoms. The van der Waals surface area contributed by atoms with Crippen molar-refractivity contribution < 1.29 is 9.53 Å². The highest BCUT2D eigenvalue weighted by atomic mass is 32.1. The Balaban J connectivity index is 2.15. The van der Waals surface area contributed by atoms with E-state index < -0.39 is 0 Å². The number of aryl methyl sites for hydroxylation is 1. The Morgan fingerprint density at radius 3 is 2.88 bits per heavy atom. The third-order valence-corrected chi connectivity index (χ3v) is 4.95. The fourth-order valence-electron chi connectivity index (χ4n) is 2.54. The second-order valence-electron chi connectivity index (χ2n) is 4.74. The summed E-state index contributed by atoms with van der Waals surface area (Å²) in [5.41, 5.74) is 0.816. The molecule has 1 aliphatic carbocycles. The van der Waals surface area contributed by atoms with Crippen molar-refractivity contribution >= 4 is 17.3 Å². The van der Waals surface area contributed by atoms with Gasteiger partial charge in [0.1, 0.15) is 4.88 Å². The molecule has 94 valence electrons. The minimum atomic E-state index is -0.253. The number of carbonyl (C=O) groups excluding carboxylic acids is 1. The predicted molar refractivity (Wildman–Crippen MR) is 68.6 cm³/mol. The van der Waals surface area contributed by atoms with Gasteiger partial charge in [-0.15, -0.1) is 11.3 Å². The van der Waals surface area contributed by atoms with Gasteiger partial charge in [0.05, 0.1) is 17.8 Å². The van der Waals surface area contributed by atoms with Crippen molar-refractivity contribution in [2.24, 2.45) is 5.92 Å². The molecule has 2 atom stereocenters. The number of rotatable bonds is 3. The SMILES string of the molecule is CCC1CCC(c2nc(C)c(C(=O)OC)s2)C1. The maximum absolute atomic E-state index is 11.5. The minimum absolute atomic E-state index is 0.253. The van der Waals surface area contributed by atoms with Crippen LogP contribution in [0.15, 0.2) is 0 Å². The van der Waals surface area contributed by atoms with Gasteiger partial charge in [0.15, 0.2) is 0 Å². The molecule has 1 saturated carbocycles. The minimum Gasteiger partial charge on any atom is -0.465 e. The molecule has 1 heterocycles. The Bertz CT molecular complexity index is 414. The van der Waals surface area contributed by atoms with E-state index in [4.69, 9.17) is 4.74 Å². The smallest absolute Gasteiger partial charge is 0.349 e. The van der Waals surface area contributed by atoms with Crippen LogP contribution in [0, 0.1) is 12.8 Å². The van der Waals surface area contributed by atoms with Crippen molar-refractivity contribution in [3.63, 3.8) is 0 Å². The van der Waals surface area contributed by atoms with Crippen molar-refractivity contribution in [3.8, 4) is 0 Å². The topological polar surface area (TPSA) is 39.2 Å². The molecule has 1 aromatic heterocycles. The van der Waals surface area contributed by atoms with E-state index in [1.807, 2.05) is 6.92 Å². The number of ether oxygens (including phenoxy) is 1. The first-order valence-corrected chi connectivity index (χ1v) is 7.03. The fraction of sp³-hybridized carbons (Fsp3) is 0.692. The molecule has 0 amide bonds. The van der Waals surface area contributed by atoms with Gasteiger partial charge < -0.3 is 4.74 Å². The average Bonchev–Trinajstić information content (AvgIpc) is 2.94. The van der Waals surface area contributed by atoms with Crippen LogP contribution in [0.2, 0.25) is 0 Å². The fourth-order valence-corrected chi connectivity index (χ4v) is 3.68. The molecule has 0 saturated heterocycles. The second-order valence-corrected chi connectivity index (χ2v) is 5.77. The number of aromatic nitrogens is 1. The summed E-state index contributed by atoms with van der Waals surface area (Å²) in [6, 6.07) is 0. The summed E-state index contributed by atoms with van der Waals surface area (Å²) in [4.78, 5) is 16.7. The zero-order valence-corrected chi connectivity index (χ0v) is 11.5. The number of hydrogen-bond acceptors (Lipinski definition) is 4. The number of thiazole rings is 1. The van der Waals surface area contributed by atoms with E-state index in [9.17, 15) is 4.79 Å². The predicted octanol–water partition coefficient (Wildman–Crippen LogP) is 3.53. The van der Waals surface area contributed by atoms with E-state index in [1.165, 1.54) is 44.1 Å². The zero-order valence-electron chi connectivity index (χ0n) is 10.7. The summed E-state index contributed by atoms with van der Waals surface area (Å²) in [6.07, 6.45) is 4.99. The van der Waals surface area contributed by atoms with Crippen LogP contribution in [-0.4, -0.2) is 18.1 Å². The molecule has 0 N–H and O–H groups in total. The molecule has 1 aromatic rings. The quantitative estimate of drug-likeness (QED) is 0.773. The molecule has 1 aliphatic rings. The van der Waals surface area contributed by atoms with E-state index in [0.29, 0.717) is 10.8 Å². The first-order valence-electron chi connectivity index (χ1n) is 6.21. The molecule has 1 fully saturated rings. The van der Waals surface area contributed by atoms with E-state index in [1.54, 1.807) is 0 Å². The number of esters is 1. The third kappa shape index (κ3) is 2.51. The lowest BCUT2D eigenvalue weighted by molar-refractivity contribution is 0.0605. The normalized spacial score (nSPS) is 23.9. The Hall–Kier alpha value is -0.900. The first kappa shape index (κ1) is 12.6. The van der Waals surface area contributed by atoms with Crippen molar-refractivity contribution in [3.05, 3.63) is 15.6 Å². The largest absolute Gasteiger partial charge is 0.465 e. The summed E-state index contributed by atoms with van der Waals surface area (Å²) in [6.45, 7) is 4.14. The number of carbonyl (C=O) groups is 1. The van der Waals surface area contributed by atoms with E-state index >= 15 is 0 Å². The average molecular weight is 253 g/mol. The van der Waals surface area contributed by atoms with Crippen LogP contribution < -0.4 is 0 Å². The maximum atomic E-state index is 11.5. The molecule has 0 spiro atoms. The molecule has 4 heteroatoms. The molecule has 0 aromatic carbocycles. The Morgan fingerprint density at radius 2 is 2.29 bits per heavy atom. The van der Waals surface area contributed by atoms with Crippen LogP contribution in [0.5, 0.6) is 0 Å². The van der Waals surface area contributed by atoms with Crippen molar-refractivity contribution in [1.29, 1.82) is 0 Å². The lowest BCUT2D eigenvalue weighted by Gasteiger charge is -2.05. The number of hydrogen-bond donors (Lipinski definition) is 0. The van der Waals surface area contributed by atoms with Crippen molar-refractivity contribution in [2.75, 3.05) is 7.11 Å². The van der Waals surface area contributed by atoms with Crippen molar-refractivity contribution in [2.45, 2.75) is 45.4 Å². The molecule has 2 rings (SSSR count). The van der Waals surface area contributed by atoms with Crippen LogP contribution in [0.4, 0.5) is 0 Å². The van der Waals surface area contributed by atoms with Gasteiger partial charge >= 0.3 is 5.97 Å².